The van der Waals surface area contributed by atoms with Crippen LogP contribution in [0.3, 0.4) is 0 Å². The van der Waals surface area contributed by atoms with E-state index in [1.165, 1.54) is 11.1 Å². The highest BCUT2D eigenvalue weighted by Crippen LogP contribution is 2.12. The lowest BCUT2D eigenvalue weighted by atomic mass is 10.1. The molecule has 21 heavy (non-hydrogen) atoms. The Kier molecular flexibility index (Phi) is 4.80. The van der Waals surface area contributed by atoms with Crippen LogP contribution in [0.4, 0.5) is 11.5 Å². The Labute approximate surface area is 125 Å². The van der Waals surface area contributed by atoms with Crippen LogP contribution in [-0.2, 0) is 16.6 Å². The third-order valence-corrected chi connectivity index (χ3v) is 4.30. The number of anilines is 2. The number of nitrogens with one attached hydrogen (secondary N) is 2. The summed E-state index contributed by atoms with van der Waals surface area (Å²) in [5.41, 5.74) is 3.25. The summed E-state index contributed by atoms with van der Waals surface area (Å²) in [7, 11) is -3.28. The van der Waals surface area contributed by atoms with Gasteiger partial charge in [-0.1, -0.05) is 29.8 Å². The van der Waals surface area contributed by atoms with Crippen molar-refractivity contribution in [3.63, 3.8) is 0 Å². The van der Waals surface area contributed by atoms with Gasteiger partial charge in [0.2, 0.25) is 10.0 Å². The van der Waals surface area contributed by atoms with Crippen molar-refractivity contribution in [2.45, 2.75) is 20.4 Å². The van der Waals surface area contributed by atoms with Gasteiger partial charge < -0.3 is 5.32 Å². The minimum Gasteiger partial charge on any atom is -0.380 e. The van der Waals surface area contributed by atoms with Gasteiger partial charge >= 0.3 is 0 Å². The molecule has 0 saturated carbocycles. The summed E-state index contributed by atoms with van der Waals surface area (Å²) in [6, 6.07) is 11.7. The van der Waals surface area contributed by atoms with E-state index in [-0.39, 0.29) is 5.75 Å². The van der Waals surface area contributed by atoms with Gasteiger partial charge in [0, 0.05) is 6.54 Å². The molecule has 0 aliphatic rings. The fourth-order valence-corrected chi connectivity index (χ4v) is 2.28. The minimum atomic E-state index is -3.28. The molecule has 2 N–H and O–H groups in total. The lowest BCUT2D eigenvalue weighted by molar-refractivity contribution is 0.602. The lowest BCUT2D eigenvalue weighted by Crippen LogP contribution is -2.15. The Morgan fingerprint density at radius 2 is 1.81 bits per heavy atom. The number of hydrogen-bond acceptors (Lipinski definition) is 4. The molecule has 0 unspecified atom stereocenters. The summed E-state index contributed by atoms with van der Waals surface area (Å²) >= 11 is 0. The molecular formula is C15H19N3O2S. The van der Waals surface area contributed by atoms with Crippen molar-refractivity contribution in [1.82, 2.24) is 4.98 Å². The summed E-state index contributed by atoms with van der Waals surface area (Å²) in [6.45, 7) is 4.33. The molecule has 0 saturated heterocycles. The smallest absolute Gasteiger partial charge is 0.233 e. The van der Waals surface area contributed by atoms with E-state index in [2.05, 4.69) is 46.2 Å². The Hall–Kier alpha value is -2.08. The molecule has 2 aromatic rings. The zero-order valence-corrected chi connectivity index (χ0v) is 12.9. The number of rotatable bonds is 6. The first-order chi connectivity index (χ1) is 9.98. The molecule has 0 bridgehead atoms. The number of pyridine rings is 1. The fraction of sp³-hybridized carbons (Fsp3) is 0.267. The number of nitrogens with zero attached hydrogens (tertiary/aromatic N) is 1. The maximum atomic E-state index is 11.4. The van der Waals surface area contributed by atoms with E-state index in [1.54, 1.807) is 25.3 Å². The zero-order valence-electron chi connectivity index (χ0n) is 12.1. The molecule has 1 heterocycles. The fourth-order valence-electron chi connectivity index (χ4n) is 1.70. The molecule has 0 spiro atoms. The predicted octanol–water partition coefficient (Wildman–Crippen LogP) is 2.76. The number of hydrogen-bond donors (Lipinski definition) is 2. The van der Waals surface area contributed by atoms with Gasteiger partial charge in [0.05, 0.1) is 17.6 Å². The molecule has 0 aliphatic heterocycles. The van der Waals surface area contributed by atoms with Crippen molar-refractivity contribution in [3.8, 4) is 0 Å². The van der Waals surface area contributed by atoms with E-state index in [0.29, 0.717) is 12.4 Å². The van der Waals surface area contributed by atoms with Crippen LogP contribution in [0.1, 0.15) is 18.1 Å². The van der Waals surface area contributed by atoms with Gasteiger partial charge in [-0.05, 0) is 31.5 Å². The van der Waals surface area contributed by atoms with Gasteiger partial charge in [-0.25, -0.2) is 13.4 Å². The summed E-state index contributed by atoms with van der Waals surface area (Å²) in [5.74, 6) is 0.361. The molecule has 0 radical (unpaired) electrons. The molecule has 2 rings (SSSR count). The van der Waals surface area contributed by atoms with Crippen molar-refractivity contribution in [2.75, 3.05) is 15.8 Å². The van der Waals surface area contributed by atoms with Crippen LogP contribution in [0.5, 0.6) is 0 Å². The molecule has 1 aromatic carbocycles. The normalized spacial score (nSPS) is 11.1. The Morgan fingerprint density at radius 3 is 2.38 bits per heavy atom. The van der Waals surface area contributed by atoms with Crippen LogP contribution >= 0.6 is 0 Å². The standard InChI is InChI=1S/C15H19N3O2S/c1-3-21(19,20)18-15-9-8-14(11-17-15)16-10-13-6-4-12(2)5-7-13/h4-9,11,16H,3,10H2,1-2H3,(H,17,18). The third kappa shape index (κ3) is 4.75. The number of benzene rings is 1. The van der Waals surface area contributed by atoms with Gasteiger partial charge in [-0.15, -0.1) is 0 Å². The van der Waals surface area contributed by atoms with E-state index in [1.807, 2.05) is 0 Å². The van der Waals surface area contributed by atoms with Gasteiger partial charge in [0.25, 0.3) is 0 Å². The number of aryl methyl sites for hydroxylation is 1. The van der Waals surface area contributed by atoms with Crippen molar-refractivity contribution in [3.05, 3.63) is 53.7 Å². The summed E-state index contributed by atoms with van der Waals surface area (Å²) in [4.78, 5) is 4.09. The molecule has 0 fully saturated rings. The second kappa shape index (κ2) is 6.58. The van der Waals surface area contributed by atoms with E-state index in [4.69, 9.17) is 0 Å². The molecule has 5 nitrogen and oxygen atoms in total. The van der Waals surface area contributed by atoms with Crippen LogP contribution in [-0.4, -0.2) is 19.2 Å². The average molecular weight is 305 g/mol. The second-order valence-electron chi connectivity index (χ2n) is 4.78. The van der Waals surface area contributed by atoms with Crippen LogP contribution in [0.25, 0.3) is 0 Å². The molecule has 1 aromatic heterocycles. The topological polar surface area (TPSA) is 71.1 Å². The maximum absolute atomic E-state index is 11.4. The van der Waals surface area contributed by atoms with Crippen LogP contribution in [0.2, 0.25) is 0 Å². The van der Waals surface area contributed by atoms with Crippen molar-refractivity contribution in [2.24, 2.45) is 0 Å². The Bertz CT molecular complexity index is 680. The highest BCUT2D eigenvalue weighted by molar-refractivity contribution is 7.92. The number of sulfonamides is 1. The molecule has 0 atom stereocenters. The monoisotopic (exact) mass is 305 g/mol. The SMILES string of the molecule is CCS(=O)(=O)Nc1ccc(NCc2ccc(C)cc2)cn1. The highest BCUT2D eigenvalue weighted by atomic mass is 32.2. The van der Waals surface area contributed by atoms with E-state index >= 15 is 0 Å². The molecule has 0 amide bonds. The second-order valence-corrected chi connectivity index (χ2v) is 6.79. The van der Waals surface area contributed by atoms with E-state index in [9.17, 15) is 8.42 Å². The first kappa shape index (κ1) is 15.3. The van der Waals surface area contributed by atoms with Crippen LogP contribution in [0.15, 0.2) is 42.6 Å². The first-order valence-electron chi connectivity index (χ1n) is 6.74. The van der Waals surface area contributed by atoms with Crippen molar-refractivity contribution >= 4 is 21.5 Å². The molecule has 6 heteroatoms. The third-order valence-electron chi connectivity index (χ3n) is 3.02. The average Bonchev–Trinajstić information content (AvgIpc) is 2.48. The lowest BCUT2D eigenvalue weighted by Gasteiger charge is -2.08. The minimum absolute atomic E-state index is 0.0299. The van der Waals surface area contributed by atoms with Crippen molar-refractivity contribution < 1.29 is 8.42 Å². The summed E-state index contributed by atoms with van der Waals surface area (Å²) < 4.78 is 25.3. The first-order valence-corrected chi connectivity index (χ1v) is 8.40. The van der Waals surface area contributed by atoms with Crippen molar-refractivity contribution in [1.29, 1.82) is 0 Å². The Balaban J connectivity index is 1.95. The van der Waals surface area contributed by atoms with Gasteiger partial charge in [0.15, 0.2) is 0 Å². The molecular weight excluding hydrogens is 286 g/mol. The largest absolute Gasteiger partial charge is 0.380 e. The zero-order chi connectivity index (χ0) is 15.3. The molecule has 0 aliphatic carbocycles. The Morgan fingerprint density at radius 1 is 1.10 bits per heavy atom. The van der Waals surface area contributed by atoms with Gasteiger partial charge in [-0.3, -0.25) is 4.72 Å². The predicted molar refractivity (Wildman–Crippen MR) is 85.8 cm³/mol. The summed E-state index contributed by atoms with van der Waals surface area (Å²) in [6.07, 6.45) is 1.61. The number of aromatic nitrogens is 1. The summed E-state index contributed by atoms with van der Waals surface area (Å²) in [5, 5.41) is 3.24. The van der Waals surface area contributed by atoms with Crippen LogP contribution < -0.4 is 10.0 Å². The maximum Gasteiger partial charge on any atom is 0.233 e. The van der Waals surface area contributed by atoms with E-state index in [0.717, 1.165) is 5.69 Å². The highest BCUT2D eigenvalue weighted by Gasteiger charge is 2.07. The molecule has 112 valence electrons. The quantitative estimate of drug-likeness (QED) is 0.861. The van der Waals surface area contributed by atoms with Gasteiger partial charge in [-0.2, -0.15) is 0 Å². The van der Waals surface area contributed by atoms with Crippen LogP contribution in [0, 0.1) is 6.92 Å². The van der Waals surface area contributed by atoms with Gasteiger partial charge in [0.1, 0.15) is 5.82 Å². The van der Waals surface area contributed by atoms with E-state index < -0.39 is 10.0 Å².